The van der Waals surface area contributed by atoms with Gasteiger partial charge < -0.3 is 10.2 Å². The van der Waals surface area contributed by atoms with Crippen LogP contribution in [0, 0.1) is 0 Å². The summed E-state index contributed by atoms with van der Waals surface area (Å²) in [6.45, 7) is 1.00. The van der Waals surface area contributed by atoms with E-state index in [1.807, 2.05) is 0 Å². The number of hydrogen-bond donors (Lipinski definition) is 5. The van der Waals surface area contributed by atoms with Crippen LogP contribution in [0.15, 0.2) is 16.3 Å². The first-order valence-corrected chi connectivity index (χ1v) is 6.19. The van der Waals surface area contributed by atoms with Crippen LogP contribution in [-0.4, -0.2) is 25.9 Å². The van der Waals surface area contributed by atoms with Gasteiger partial charge in [-0.25, -0.2) is 5.14 Å². The molecule has 0 bridgehead atoms. The fourth-order valence-electron chi connectivity index (χ4n) is 0.849. The first-order chi connectivity index (χ1) is 6.27. The number of hydrogen-bond acceptors (Lipinski definition) is 6. The molecule has 14 heavy (non-hydrogen) atoms. The van der Waals surface area contributed by atoms with Crippen molar-refractivity contribution in [3.8, 4) is 0 Å². The summed E-state index contributed by atoms with van der Waals surface area (Å²) in [4.78, 5) is 0.445. The van der Waals surface area contributed by atoms with Crippen molar-refractivity contribution in [2.75, 3.05) is 6.61 Å². The standard InChI is InChI=1S/C7H13NO4S2/c1-7(10,4-9)5-2-3-6(13-5)14(8,11)12/h2-3,9-12H,4,8H2,1H3. The van der Waals surface area contributed by atoms with Gasteiger partial charge in [0.1, 0.15) is 9.81 Å². The van der Waals surface area contributed by atoms with Gasteiger partial charge in [-0.1, -0.05) is 0 Å². The van der Waals surface area contributed by atoms with Crippen molar-refractivity contribution in [1.82, 2.24) is 0 Å². The molecule has 0 fully saturated rings. The molecule has 1 aromatic heterocycles. The molecule has 1 unspecified atom stereocenters. The van der Waals surface area contributed by atoms with E-state index in [0.29, 0.717) is 4.88 Å². The van der Waals surface area contributed by atoms with Gasteiger partial charge in [0.25, 0.3) is 0 Å². The van der Waals surface area contributed by atoms with E-state index in [9.17, 15) is 5.11 Å². The Balaban J connectivity index is 3.00. The van der Waals surface area contributed by atoms with Gasteiger partial charge in [-0.3, -0.25) is 9.11 Å². The zero-order chi connectivity index (χ0) is 11.0. The van der Waals surface area contributed by atoms with Crippen LogP contribution in [0.4, 0.5) is 0 Å². The second kappa shape index (κ2) is 3.78. The van der Waals surface area contributed by atoms with Crippen LogP contribution in [0.1, 0.15) is 11.8 Å². The molecule has 7 heteroatoms. The van der Waals surface area contributed by atoms with Gasteiger partial charge in [0.2, 0.25) is 0 Å². The van der Waals surface area contributed by atoms with Crippen molar-refractivity contribution < 1.29 is 19.3 Å². The van der Waals surface area contributed by atoms with Crippen molar-refractivity contribution in [1.29, 1.82) is 0 Å². The van der Waals surface area contributed by atoms with Crippen LogP contribution in [-0.2, 0) is 5.60 Å². The SMILES string of the molecule is CC(O)(CO)c1ccc(S(N)(O)O)s1. The minimum absolute atomic E-state index is 0.196. The number of aliphatic hydroxyl groups excluding tert-OH is 1. The number of aliphatic hydroxyl groups is 2. The van der Waals surface area contributed by atoms with E-state index in [1.165, 1.54) is 19.1 Å². The van der Waals surface area contributed by atoms with Gasteiger partial charge in [0, 0.05) is 4.88 Å². The summed E-state index contributed by atoms with van der Waals surface area (Å²) in [6, 6.07) is 2.94. The molecule has 0 saturated heterocycles. The third-order valence-corrected chi connectivity index (χ3v) is 4.56. The highest BCUT2D eigenvalue weighted by molar-refractivity contribution is 8.23. The molecule has 0 spiro atoms. The van der Waals surface area contributed by atoms with Crippen LogP contribution < -0.4 is 5.14 Å². The quantitative estimate of drug-likeness (QED) is 0.539. The highest BCUT2D eigenvalue weighted by Gasteiger charge is 2.25. The average Bonchev–Trinajstić information content (AvgIpc) is 2.51. The molecule has 6 N–H and O–H groups in total. The van der Waals surface area contributed by atoms with Gasteiger partial charge in [-0.15, -0.1) is 22.1 Å². The molecular formula is C7H13NO4S2. The number of nitrogens with two attached hydrogens (primary N) is 1. The van der Waals surface area contributed by atoms with Gasteiger partial charge >= 0.3 is 0 Å². The molecule has 1 heterocycles. The summed E-state index contributed by atoms with van der Waals surface area (Å²) in [5.41, 5.74) is -1.37. The largest absolute Gasteiger partial charge is 0.393 e. The molecule has 0 aliphatic heterocycles. The molecule has 82 valence electrons. The summed E-state index contributed by atoms with van der Waals surface area (Å²) >= 11 is 0.973. The van der Waals surface area contributed by atoms with E-state index < -0.39 is 23.0 Å². The summed E-state index contributed by atoms with van der Waals surface area (Å²) in [5, 5.41) is 23.6. The lowest BCUT2D eigenvalue weighted by atomic mass is 10.1. The van der Waals surface area contributed by atoms with E-state index in [4.69, 9.17) is 19.4 Å². The number of rotatable bonds is 3. The van der Waals surface area contributed by atoms with Crippen LogP contribution in [0.2, 0.25) is 0 Å². The fourth-order valence-corrected chi connectivity index (χ4v) is 2.65. The fraction of sp³-hybridized carbons (Fsp3) is 0.429. The Kier molecular flexibility index (Phi) is 3.22. The minimum atomic E-state index is -3.22. The van der Waals surface area contributed by atoms with Gasteiger partial charge in [0.05, 0.1) is 6.61 Å². The maximum Gasteiger partial charge on any atom is 0.128 e. The monoisotopic (exact) mass is 239 g/mol. The van der Waals surface area contributed by atoms with E-state index >= 15 is 0 Å². The lowest BCUT2D eigenvalue weighted by Gasteiger charge is -2.24. The zero-order valence-corrected chi connectivity index (χ0v) is 9.18. The predicted octanol–water partition coefficient (Wildman–Crippen LogP) is 0.931. The lowest BCUT2D eigenvalue weighted by Crippen LogP contribution is -2.24. The Labute approximate surface area is 87.3 Å². The molecule has 1 aromatic rings. The molecule has 1 rings (SSSR count). The molecule has 0 radical (unpaired) electrons. The van der Waals surface area contributed by atoms with Crippen molar-refractivity contribution in [2.45, 2.75) is 16.7 Å². The van der Waals surface area contributed by atoms with Crippen LogP contribution in [0.3, 0.4) is 0 Å². The van der Waals surface area contributed by atoms with Crippen molar-refractivity contribution in [2.24, 2.45) is 5.14 Å². The van der Waals surface area contributed by atoms with Crippen LogP contribution in [0.5, 0.6) is 0 Å². The maximum absolute atomic E-state index is 9.64. The van der Waals surface area contributed by atoms with E-state index in [-0.39, 0.29) is 4.21 Å². The van der Waals surface area contributed by atoms with Crippen molar-refractivity contribution >= 4 is 22.1 Å². The molecular weight excluding hydrogens is 226 g/mol. The molecule has 0 aromatic carbocycles. The Morgan fingerprint density at radius 1 is 1.50 bits per heavy atom. The number of thiophene rings is 1. The molecule has 0 amide bonds. The van der Waals surface area contributed by atoms with E-state index in [2.05, 4.69) is 0 Å². The smallest absolute Gasteiger partial charge is 0.128 e. The first-order valence-electron chi connectivity index (χ1n) is 3.77. The predicted molar refractivity (Wildman–Crippen MR) is 56.3 cm³/mol. The maximum atomic E-state index is 9.64. The molecule has 5 nitrogen and oxygen atoms in total. The highest BCUT2D eigenvalue weighted by atomic mass is 32.3. The third kappa shape index (κ3) is 2.45. The molecule has 1 atom stereocenters. The second-order valence-electron chi connectivity index (χ2n) is 3.14. The molecule has 0 saturated carbocycles. The minimum Gasteiger partial charge on any atom is -0.393 e. The summed E-state index contributed by atoms with van der Waals surface area (Å²) < 4.78 is 18.4. The Morgan fingerprint density at radius 3 is 2.43 bits per heavy atom. The van der Waals surface area contributed by atoms with Crippen LogP contribution in [0.25, 0.3) is 0 Å². The zero-order valence-electron chi connectivity index (χ0n) is 7.54. The van der Waals surface area contributed by atoms with Gasteiger partial charge in [-0.05, 0) is 19.1 Å². The van der Waals surface area contributed by atoms with Crippen molar-refractivity contribution in [3.05, 3.63) is 17.0 Å². The van der Waals surface area contributed by atoms with Crippen molar-refractivity contribution in [3.63, 3.8) is 0 Å². The Bertz CT molecular complexity index is 318. The first kappa shape index (κ1) is 11.9. The lowest BCUT2D eigenvalue weighted by molar-refractivity contribution is 0.000792. The summed E-state index contributed by atoms with van der Waals surface area (Å²) in [7, 11) is -3.22. The van der Waals surface area contributed by atoms with E-state index in [0.717, 1.165) is 11.3 Å². The van der Waals surface area contributed by atoms with Gasteiger partial charge in [-0.2, -0.15) is 0 Å². The Hall–Kier alpha value is -0.150. The summed E-state index contributed by atoms with van der Waals surface area (Å²) in [6.07, 6.45) is 0. The topological polar surface area (TPSA) is 107 Å². The summed E-state index contributed by atoms with van der Waals surface area (Å²) in [5.74, 6) is 0. The second-order valence-corrected chi connectivity index (χ2v) is 6.11. The molecule has 0 aliphatic carbocycles. The third-order valence-electron chi connectivity index (χ3n) is 1.72. The average molecular weight is 239 g/mol. The van der Waals surface area contributed by atoms with E-state index in [1.54, 1.807) is 0 Å². The highest BCUT2D eigenvalue weighted by Crippen LogP contribution is 2.45. The Morgan fingerprint density at radius 2 is 2.07 bits per heavy atom. The van der Waals surface area contributed by atoms with Gasteiger partial charge in [0.15, 0.2) is 0 Å². The molecule has 0 aliphatic rings. The normalized spacial score (nSPS) is 17.9. The van der Waals surface area contributed by atoms with Crippen LogP contribution >= 0.6 is 22.1 Å².